The Bertz CT molecular complexity index is 254. The Kier molecular flexibility index (Phi) is 3.98. The van der Waals surface area contributed by atoms with E-state index >= 15 is 0 Å². The van der Waals surface area contributed by atoms with E-state index in [0.717, 1.165) is 0 Å². The molecule has 0 N–H and O–H groups in total. The van der Waals surface area contributed by atoms with Gasteiger partial charge in [-0.25, -0.2) is 0 Å². The number of halogens is 1. The first-order valence-electron chi connectivity index (χ1n) is 4.63. The van der Waals surface area contributed by atoms with Gasteiger partial charge in [0.1, 0.15) is 0 Å². The minimum atomic E-state index is -1.11. The van der Waals surface area contributed by atoms with Gasteiger partial charge >= 0.3 is 100 Å². The first kappa shape index (κ1) is 10.6. The molecule has 0 atom stereocenters. The second kappa shape index (κ2) is 5.25. The van der Waals surface area contributed by atoms with E-state index in [1.165, 1.54) is 0 Å². The zero-order chi connectivity index (χ0) is 9.80. The van der Waals surface area contributed by atoms with Crippen LogP contribution in [-0.4, -0.2) is 6.10 Å². The van der Waals surface area contributed by atoms with Crippen LogP contribution in [0.1, 0.15) is 0 Å². The Morgan fingerprint density at radius 1 is 0.929 bits per heavy atom. The van der Waals surface area contributed by atoms with E-state index in [1.54, 1.807) is 0 Å². The molecule has 0 aliphatic heterocycles. The van der Waals surface area contributed by atoms with Gasteiger partial charge in [-0.2, -0.15) is 0 Å². The summed E-state index contributed by atoms with van der Waals surface area (Å²) >= 11 is -1.11. The summed E-state index contributed by atoms with van der Waals surface area (Å²) in [7, 11) is 5.80. The van der Waals surface area contributed by atoms with Gasteiger partial charge in [0.25, 0.3) is 0 Å². The quantitative estimate of drug-likeness (QED) is 0.772. The third-order valence-electron chi connectivity index (χ3n) is 2.49. The van der Waals surface area contributed by atoms with Crippen molar-refractivity contribution in [2.75, 3.05) is 0 Å². The van der Waals surface area contributed by atoms with Gasteiger partial charge in [0.05, 0.1) is 0 Å². The van der Waals surface area contributed by atoms with Crippen LogP contribution in [0.4, 0.5) is 0 Å². The minimum absolute atomic E-state index is 0.212. The van der Waals surface area contributed by atoms with E-state index in [2.05, 4.69) is 48.6 Å². The van der Waals surface area contributed by atoms with E-state index in [0.29, 0.717) is 11.8 Å². The predicted molar refractivity (Wildman–Crippen MR) is 54.3 cm³/mol. The molecular weight excluding hydrogens is 275 g/mol. The molecule has 0 heterocycles. The fraction of sp³-hybridized carbons (Fsp3) is 0.273. The van der Waals surface area contributed by atoms with Crippen LogP contribution in [0.15, 0.2) is 48.6 Å². The molecule has 0 bridgehead atoms. The molecule has 0 amide bonds. The first-order chi connectivity index (χ1) is 6.92. The van der Waals surface area contributed by atoms with Gasteiger partial charge in [0, 0.05) is 0 Å². The molecule has 0 aromatic carbocycles. The number of hydrogen-bond acceptors (Lipinski definition) is 1. The molecule has 0 saturated heterocycles. The molecule has 0 saturated carbocycles. The molecule has 3 heteroatoms. The second-order valence-corrected chi connectivity index (χ2v) is 5.23. The van der Waals surface area contributed by atoms with Crippen molar-refractivity contribution in [3.05, 3.63) is 48.6 Å². The molecule has 14 heavy (non-hydrogen) atoms. The van der Waals surface area contributed by atoms with Crippen molar-refractivity contribution in [3.63, 3.8) is 0 Å². The molecule has 0 aromatic rings. The second-order valence-electron chi connectivity index (χ2n) is 3.35. The standard InChI is InChI=1S/C11H11O.ClH.Zr/c12-11(9-5-1-2-6-9)10-7-3-4-8-10;;/h1-11H;1H;/q-1;;+2/p-1. The van der Waals surface area contributed by atoms with Crippen molar-refractivity contribution < 1.29 is 25.3 Å². The summed E-state index contributed by atoms with van der Waals surface area (Å²) in [5.41, 5.74) is 0. The molecule has 1 nitrogen and oxygen atoms in total. The molecule has 72 valence electrons. The van der Waals surface area contributed by atoms with Crippen LogP contribution in [0.3, 0.4) is 0 Å². The monoisotopic (exact) mass is 284 g/mol. The molecule has 0 fully saturated rings. The average Bonchev–Trinajstić information content (AvgIpc) is 2.87. The molecule has 0 radical (unpaired) electrons. The molecule has 0 unspecified atom stereocenters. The Morgan fingerprint density at radius 2 is 1.36 bits per heavy atom. The summed E-state index contributed by atoms with van der Waals surface area (Å²) in [4.78, 5) is 0. The first-order valence-corrected chi connectivity index (χ1v) is 8.80. The van der Waals surface area contributed by atoms with Gasteiger partial charge in [-0.15, -0.1) is 0 Å². The fourth-order valence-electron chi connectivity index (χ4n) is 1.80. The summed E-state index contributed by atoms with van der Waals surface area (Å²) in [6.45, 7) is 0. The van der Waals surface area contributed by atoms with Gasteiger partial charge in [0.2, 0.25) is 0 Å². The normalized spacial score (nSPS) is 20.4. The van der Waals surface area contributed by atoms with Crippen molar-refractivity contribution in [2.24, 2.45) is 11.8 Å². The van der Waals surface area contributed by atoms with Gasteiger partial charge < -0.3 is 0 Å². The maximum absolute atomic E-state index is 5.80. The molecule has 2 aliphatic carbocycles. The van der Waals surface area contributed by atoms with Crippen LogP contribution in [0.25, 0.3) is 0 Å². The van der Waals surface area contributed by atoms with E-state index < -0.39 is 22.5 Å². The van der Waals surface area contributed by atoms with Gasteiger partial charge in [0.15, 0.2) is 0 Å². The fourth-order valence-corrected chi connectivity index (χ4v) is 3.44. The SMILES string of the molecule is [Cl][Zr][O]C(C1C=CC=C1)C1C=CC=C1. The van der Waals surface area contributed by atoms with Crippen molar-refractivity contribution in [1.82, 2.24) is 0 Å². The topological polar surface area (TPSA) is 9.23 Å². The summed E-state index contributed by atoms with van der Waals surface area (Å²) in [5.74, 6) is 0.791. The van der Waals surface area contributed by atoms with Gasteiger partial charge in [-0.05, 0) is 0 Å². The van der Waals surface area contributed by atoms with Crippen LogP contribution in [0.5, 0.6) is 0 Å². The predicted octanol–water partition coefficient (Wildman–Crippen LogP) is 3.01. The van der Waals surface area contributed by atoms with Crippen molar-refractivity contribution >= 4 is 8.51 Å². The van der Waals surface area contributed by atoms with Crippen LogP contribution in [0.2, 0.25) is 0 Å². The van der Waals surface area contributed by atoms with E-state index in [9.17, 15) is 0 Å². The Morgan fingerprint density at radius 3 is 1.71 bits per heavy atom. The number of rotatable bonds is 4. The van der Waals surface area contributed by atoms with Crippen LogP contribution < -0.4 is 0 Å². The summed E-state index contributed by atoms with van der Waals surface area (Å²) < 4.78 is 5.74. The number of hydrogen-bond donors (Lipinski definition) is 0. The van der Waals surface area contributed by atoms with Gasteiger partial charge in [-0.1, -0.05) is 0 Å². The van der Waals surface area contributed by atoms with Crippen molar-refractivity contribution in [1.29, 1.82) is 0 Å². The van der Waals surface area contributed by atoms with Crippen molar-refractivity contribution in [2.45, 2.75) is 6.10 Å². The zero-order valence-corrected chi connectivity index (χ0v) is 10.9. The molecule has 0 spiro atoms. The van der Waals surface area contributed by atoms with Crippen LogP contribution in [0, 0.1) is 11.8 Å². The zero-order valence-electron chi connectivity index (χ0n) is 7.64. The Hall–Kier alpha value is 0.0931. The molecule has 0 aromatic heterocycles. The summed E-state index contributed by atoms with van der Waals surface area (Å²) in [6, 6.07) is 0. The van der Waals surface area contributed by atoms with E-state index in [1.807, 2.05) is 0 Å². The Balaban J connectivity index is 2.06. The third kappa shape index (κ3) is 2.36. The Labute approximate surface area is 99.9 Å². The summed E-state index contributed by atoms with van der Waals surface area (Å²) in [5, 5.41) is 0. The van der Waals surface area contributed by atoms with E-state index in [-0.39, 0.29) is 6.10 Å². The summed E-state index contributed by atoms with van der Waals surface area (Å²) in [6.07, 6.45) is 17.2. The van der Waals surface area contributed by atoms with Gasteiger partial charge in [-0.3, -0.25) is 0 Å². The molecule has 2 aliphatic rings. The maximum atomic E-state index is 5.80. The van der Waals surface area contributed by atoms with E-state index in [4.69, 9.17) is 11.3 Å². The number of allylic oxidation sites excluding steroid dienone is 4. The molecule has 2 rings (SSSR count). The van der Waals surface area contributed by atoms with Crippen molar-refractivity contribution in [3.8, 4) is 0 Å². The van der Waals surface area contributed by atoms with Crippen LogP contribution >= 0.6 is 8.51 Å². The van der Waals surface area contributed by atoms with Crippen LogP contribution in [-0.2, 0) is 25.3 Å². The third-order valence-corrected chi connectivity index (χ3v) is 3.91. The molecular formula is C11H11ClOZr. The average molecular weight is 286 g/mol.